The van der Waals surface area contributed by atoms with E-state index in [-0.39, 0.29) is 18.0 Å². The number of carbonyl (C=O) groups is 1. The number of benzene rings is 1. The highest BCUT2D eigenvalue weighted by Gasteiger charge is 2.06. The minimum absolute atomic E-state index is 0.00390. The highest BCUT2D eigenvalue weighted by molar-refractivity contribution is 5.82. The van der Waals surface area contributed by atoms with Gasteiger partial charge in [0.1, 0.15) is 6.54 Å². The topological polar surface area (TPSA) is 64.0 Å². The summed E-state index contributed by atoms with van der Waals surface area (Å²) in [5.74, 6) is -0.207. The summed E-state index contributed by atoms with van der Waals surface area (Å²) in [6.45, 7) is 0.402. The van der Waals surface area contributed by atoms with Gasteiger partial charge in [-0.15, -0.1) is 0 Å². The molecule has 5 heteroatoms. The number of nitrogens with one attached hydrogen (secondary N) is 1. The number of fused-ring (bicyclic) bond motifs is 1. The molecule has 22 heavy (non-hydrogen) atoms. The van der Waals surface area contributed by atoms with E-state index in [1.165, 1.54) is 4.57 Å². The fraction of sp³-hybridized carbons (Fsp3) is 0.118. The summed E-state index contributed by atoms with van der Waals surface area (Å²) < 4.78 is 1.42. The molecule has 1 amide bonds. The highest BCUT2D eigenvalue weighted by atomic mass is 16.2. The van der Waals surface area contributed by atoms with Gasteiger partial charge in [-0.2, -0.15) is 0 Å². The Morgan fingerprint density at radius 2 is 2.00 bits per heavy atom. The van der Waals surface area contributed by atoms with Crippen molar-refractivity contribution in [1.29, 1.82) is 0 Å². The minimum atomic E-state index is -0.207. The van der Waals surface area contributed by atoms with Crippen molar-refractivity contribution in [2.75, 3.05) is 0 Å². The number of hydrogen-bond acceptors (Lipinski definition) is 3. The lowest BCUT2D eigenvalue weighted by molar-refractivity contribution is -0.121. The molecule has 5 nitrogen and oxygen atoms in total. The Kier molecular flexibility index (Phi) is 3.96. The molecule has 1 N–H and O–H groups in total. The van der Waals surface area contributed by atoms with Crippen molar-refractivity contribution in [3.05, 3.63) is 77.0 Å². The number of rotatable bonds is 4. The molecule has 0 radical (unpaired) electrons. The van der Waals surface area contributed by atoms with Crippen LogP contribution in [0.4, 0.5) is 0 Å². The second-order valence-electron chi connectivity index (χ2n) is 4.97. The van der Waals surface area contributed by atoms with Gasteiger partial charge in [0.05, 0.1) is 0 Å². The fourth-order valence-electron chi connectivity index (χ4n) is 2.27. The third-order valence-corrected chi connectivity index (χ3v) is 3.41. The molecule has 110 valence electrons. The lowest BCUT2D eigenvalue weighted by Crippen LogP contribution is -2.31. The standard InChI is InChI=1S/C17H15N3O2/c21-16(19-11-13-4-3-8-18-10-13)12-20-9-7-14-5-1-2-6-15(14)17(20)22/h1-10H,11-12H2,(H,19,21). The van der Waals surface area contributed by atoms with Crippen LogP contribution in [-0.4, -0.2) is 15.5 Å². The molecule has 0 bridgehead atoms. The Hall–Kier alpha value is -2.95. The van der Waals surface area contributed by atoms with Gasteiger partial charge in [-0.3, -0.25) is 14.6 Å². The van der Waals surface area contributed by atoms with Crippen molar-refractivity contribution < 1.29 is 4.79 Å². The van der Waals surface area contributed by atoms with Gasteiger partial charge in [0.15, 0.2) is 0 Å². The molecule has 0 unspecified atom stereocenters. The molecule has 3 rings (SSSR count). The summed E-state index contributed by atoms with van der Waals surface area (Å²) in [5, 5.41) is 4.27. The molecule has 2 heterocycles. The zero-order chi connectivity index (χ0) is 15.4. The SMILES string of the molecule is O=C(Cn1ccc2ccccc2c1=O)NCc1cccnc1. The molecule has 0 fully saturated rings. The number of carbonyl (C=O) groups excluding carboxylic acids is 1. The van der Waals surface area contributed by atoms with Crippen molar-refractivity contribution in [2.24, 2.45) is 0 Å². The number of pyridine rings is 2. The van der Waals surface area contributed by atoms with Crippen LogP contribution in [0.3, 0.4) is 0 Å². The Balaban J connectivity index is 1.72. The van der Waals surface area contributed by atoms with Gasteiger partial charge in [0.2, 0.25) is 5.91 Å². The van der Waals surface area contributed by atoms with E-state index in [1.54, 1.807) is 24.7 Å². The first kappa shape index (κ1) is 14.0. The van der Waals surface area contributed by atoms with Crippen LogP contribution in [0.5, 0.6) is 0 Å². The molecule has 2 aromatic heterocycles. The summed E-state index contributed by atoms with van der Waals surface area (Å²) in [6, 6.07) is 12.9. The van der Waals surface area contributed by atoms with Crippen molar-refractivity contribution >= 4 is 16.7 Å². The first-order valence-corrected chi connectivity index (χ1v) is 6.98. The number of amides is 1. The summed E-state index contributed by atoms with van der Waals surface area (Å²) in [5.41, 5.74) is 0.760. The smallest absolute Gasteiger partial charge is 0.258 e. The van der Waals surface area contributed by atoms with Gasteiger partial charge in [0.25, 0.3) is 5.56 Å². The Morgan fingerprint density at radius 1 is 1.14 bits per heavy atom. The molecule has 0 saturated heterocycles. The second-order valence-corrected chi connectivity index (χ2v) is 4.97. The normalized spacial score (nSPS) is 10.5. The van der Waals surface area contributed by atoms with Crippen molar-refractivity contribution in [1.82, 2.24) is 14.9 Å². The minimum Gasteiger partial charge on any atom is -0.350 e. The summed E-state index contributed by atoms with van der Waals surface area (Å²) in [7, 11) is 0. The summed E-state index contributed by atoms with van der Waals surface area (Å²) in [6.07, 6.45) is 5.02. The van der Waals surface area contributed by atoms with Crippen LogP contribution >= 0.6 is 0 Å². The maximum atomic E-state index is 12.3. The van der Waals surface area contributed by atoms with Gasteiger partial charge in [-0.25, -0.2) is 0 Å². The molecule has 0 aliphatic carbocycles. The van der Waals surface area contributed by atoms with E-state index in [4.69, 9.17) is 0 Å². The Bertz CT molecular complexity index is 856. The van der Waals surface area contributed by atoms with Crippen molar-refractivity contribution in [3.63, 3.8) is 0 Å². The molecule has 0 saturated carbocycles. The van der Waals surface area contributed by atoms with Crippen LogP contribution in [-0.2, 0) is 17.9 Å². The zero-order valence-corrected chi connectivity index (χ0v) is 11.9. The van der Waals surface area contributed by atoms with Crippen LogP contribution in [0.25, 0.3) is 10.8 Å². The molecule has 0 aliphatic heterocycles. The van der Waals surface area contributed by atoms with Crippen LogP contribution in [0, 0.1) is 0 Å². The van der Waals surface area contributed by atoms with E-state index < -0.39 is 0 Å². The maximum Gasteiger partial charge on any atom is 0.258 e. The summed E-state index contributed by atoms with van der Waals surface area (Å²) in [4.78, 5) is 28.3. The van der Waals surface area contributed by atoms with E-state index in [0.717, 1.165) is 10.9 Å². The Labute approximate surface area is 127 Å². The van der Waals surface area contributed by atoms with Gasteiger partial charge in [0, 0.05) is 30.5 Å². The molecule has 0 atom stereocenters. The third-order valence-electron chi connectivity index (χ3n) is 3.41. The quantitative estimate of drug-likeness (QED) is 0.796. The number of hydrogen-bond donors (Lipinski definition) is 1. The molecule has 1 aromatic carbocycles. The van der Waals surface area contributed by atoms with Gasteiger partial charge in [-0.05, 0) is 29.1 Å². The van der Waals surface area contributed by atoms with E-state index in [1.807, 2.05) is 36.4 Å². The van der Waals surface area contributed by atoms with E-state index in [0.29, 0.717) is 11.9 Å². The first-order chi connectivity index (χ1) is 10.7. The average Bonchev–Trinajstić information content (AvgIpc) is 2.57. The first-order valence-electron chi connectivity index (χ1n) is 6.98. The van der Waals surface area contributed by atoms with Crippen LogP contribution in [0.2, 0.25) is 0 Å². The third kappa shape index (κ3) is 3.03. The monoisotopic (exact) mass is 293 g/mol. The van der Waals surface area contributed by atoms with Crippen LogP contribution < -0.4 is 10.9 Å². The highest BCUT2D eigenvalue weighted by Crippen LogP contribution is 2.07. The zero-order valence-electron chi connectivity index (χ0n) is 11.9. The predicted molar refractivity (Wildman–Crippen MR) is 84.3 cm³/mol. The molecule has 0 aliphatic rings. The average molecular weight is 293 g/mol. The van der Waals surface area contributed by atoms with Crippen LogP contribution in [0.1, 0.15) is 5.56 Å². The number of aromatic nitrogens is 2. The second kappa shape index (κ2) is 6.22. The van der Waals surface area contributed by atoms with Crippen LogP contribution in [0.15, 0.2) is 65.8 Å². The predicted octanol–water partition coefficient (Wildman–Crippen LogP) is 1.71. The van der Waals surface area contributed by atoms with Crippen molar-refractivity contribution in [2.45, 2.75) is 13.1 Å². The molecule has 3 aromatic rings. The fourth-order valence-corrected chi connectivity index (χ4v) is 2.27. The molecule has 0 spiro atoms. The summed E-state index contributed by atoms with van der Waals surface area (Å²) >= 11 is 0. The van der Waals surface area contributed by atoms with Gasteiger partial charge < -0.3 is 9.88 Å². The van der Waals surface area contributed by atoms with Gasteiger partial charge in [-0.1, -0.05) is 24.3 Å². The maximum absolute atomic E-state index is 12.3. The van der Waals surface area contributed by atoms with Crippen molar-refractivity contribution in [3.8, 4) is 0 Å². The Morgan fingerprint density at radius 3 is 2.82 bits per heavy atom. The number of nitrogens with zero attached hydrogens (tertiary/aromatic N) is 2. The van der Waals surface area contributed by atoms with Gasteiger partial charge >= 0.3 is 0 Å². The molecular formula is C17H15N3O2. The van der Waals surface area contributed by atoms with E-state index in [2.05, 4.69) is 10.3 Å². The van der Waals surface area contributed by atoms with E-state index >= 15 is 0 Å². The van der Waals surface area contributed by atoms with E-state index in [9.17, 15) is 9.59 Å². The largest absolute Gasteiger partial charge is 0.350 e. The lowest BCUT2D eigenvalue weighted by atomic mass is 10.2. The lowest BCUT2D eigenvalue weighted by Gasteiger charge is -2.08. The molecular weight excluding hydrogens is 278 g/mol.